The third kappa shape index (κ3) is 5.17. The molecule has 0 N–H and O–H groups in total. The first-order valence-electron chi connectivity index (χ1n) is 8.79. The molecule has 0 saturated heterocycles. The topological polar surface area (TPSA) is 74.5 Å². The molecule has 0 aliphatic heterocycles. The van der Waals surface area contributed by atoms with Crippen LogP contribution in [-0.4, -0.2) is 16.1 Å². The summed E-state index contributed by atoms with van der Waals surface area (Å²) in [5.41, 5.74) is 2.65. The van der Waals surface area contributed by atoms with E-state index in [1.54, 1.807) is 24.3 Å². The summed E-state index contributed by atoms with van der Waals surface area (Å²) in [6.45, 7) is 6.33. The van der Waals surface area contributed by atoms with Crippen molar-refractivity contribution in [3.63, 3.8) is 0 Å². The van der Waals surface area contributed by atoms with Gasteiger partial charge in [0.1, 0.15) is 12.4 Å². The number of aryl methyl sites for hydroxylation is 1. The summed E-state index contributed by atoms with van der Waals surface area (Å²) in [7, 11) is 0. The largest absolute Gasteiger partial charge is 0.489 e. The normalized spacial score (nSPS) is 10.8. The highest BCUT2D eigenvalue weighted by molar-refractivity contribution is 5.89. The number of hydrogen-bond donors (Lipinski definition) is 0. The van der Waals surface area contributed by atoms with Gasteiger partial charge < -0.3 is 14.0 Å². The molecule has 0 amide bonds. The van der Waals surface area contributed by atoms with E-state index >= 15 is 0 Å². The molecule has 3 rings (SSSR count). The van der Waals surface area contributed by atoms with Crippen LogP contribution in [0.3, 0.4) is 0 Å². The van der Waals surface area contributed by atoms with E-state index in [-0.39, 0.29) is 18.4 Å². The predicted octanol–water partition coefficient (Wildman–Crippen LogP) is 4.44. The SMILES string of the molecule is Cc1cccc(COc2cccc(C(=O)OCc3nc(C(C)C)no3)c2)c1. The van der Waals surface area contributed by atoms with Crippen molar-refractivity contribution in [3.8, 4) is 5.75 Å². The lowest BCUT2D eigenvalue weighted by Gasteiger charge is -2.08. The van der Waals surface area contributed by atoms with E-state index < -0.39 is 5.97 Å². The summed E-state index contributed by atoms with van der Waals surface area (Å²) >= 11 is 0. The van der Waals surface area contributed by atoms with Gasteiger partial charge in [0.25, 0.3) is 5.89 Å². The fourth-order valence-electron chi connectivity index (χ4n) is 2.45. The first-order valence-corrected chi connectivity index (χ1v) is 8.79. The second-order valence-electron chi connectivity index (χ2n) is 6.58. The molecule has 0 radical (unpaired) electrons. The van der Waals surface area contributed by atoms with Crippen molar-refractivity contribution in [3.05, 3.63) is 76.9 Å². The minimum Gasteiger partial charge on any atom is -0.489 e. The zero-order chi connectivity index (χ0) is 19.2. The molecule has 0 aliphatic rings. The van der Waals surface area contributed by atoms with Crippen molar-refractivity contribution >= 4 is 5.97 Å². The number of carbonyl (C=O) groups is 1. The van der Waals surface area contributed by atoms with Gasteiger partial charge in [0.15, 0.2) is 12.4 Å². The molecule has 1 aromatic heterocycles. The molecule has 6 heteroatoms. The Morgan fingerprint density at radius 3 is 2.67 bits per heavy atom. The van der Waals surface area contributed by atoms with Gasteiger partial charge in [-0.3, -0.25) is 0 Å². The molecule has 1 heterocycles. The number of nitrogens with zero attached hydrogens (tertiary/aromatic N) is 2. The summed E-state index contributed by atoms with van der Waals surface area (Å²) < 4.78 is 16.1. The van der Waals surface area contributed by atoms with Gasteiger partial charge in [0, 0.05) is 5.92 Å². The highest BCUT2D eigenvalue weighted by atomic mass is 16.6. The molecular weight excluding hydrogens is 344 g/mol. The third-order valence-electron chi connectivity index (χ3n) is 3.88. The monoisotopic (exact) mass is 366 g/mol. The van der Waals surface area contributed by atoms with Gasteiger partial charge in [-0.05, 0) is 30.7 Å². The Kier molecular flexibility index (Phi) is 5.86. The average Bonchev–Trinajstić information content (AvgIpc) is 3.14. The number of ether oxygens (including phenoxy) is 2. The summed E-state index contributed by atoms with van der Waals surface area (Å²) in [5, 5.41) is 3.84. The fourth-order valence-corrected chi connectivity index (χ4v) is 2.45. The van der Waals surface area contributed by atoms with Crippen LogP contribution in [-0.2, 0) is 18.0 Å². The number of carbonyl (C=O) groups excluding carboxylic acids is 1. The quantitative estimate of drug-likeness (QED) is 0.576. The maximum Gasteiger partial charge on any atom is 0.338 e. The summed E-state index contributed by atoms with van der Waals surface area (Å²) in [4.78, 5) is 16.4. The maximum atomic E-state index is 12.3. The Labute approximate surface area is 158 Å². The van der Waals surface area contributed by atoms with Crippen molar-refractivity contribution in [1.29, 1.82) is 0 Å². The smallest absolute Gasteiger partial charge is 0.338 e. The molecule has 0 saturated carbocycles. The van der Waals surface area contributed by atoms with E-state index in [1.165, 1.54) is 5.56 Å². The lowest BCUT2D eigenvalue weighted by Crippen LogP contribution is -2.06. The van der Waals surface area contributed by atoms with Crippen LogP contribution in [0, 0.1) is 6.92 Å². The average molecular weight is 366 g/mol. The molecule has 140 valence electrons. The van der Waals surface area contributed by atoms with E-state index in [1.807, 2.05) is 39.0 Å². The Bertz CT molecular complexity index is 918. The van der Waals surface area contributed by atoms with Crippen LogP contribution < -0.4 is 4.74 Å². The fraction of sp³-hybridized carbons (Fsp3) is 0.286. The Morgan fingerprint density at radius 2 is 1.93 bits per heavy atom. The standard InChI is InChI=1S/C21H22N2O4/c1-14(2)20-22-19(27-23-20)13-26-21(24)17-8-5-9-18(11-17)25-12-16-7-4-6-15(3)10-16/h4-11,14H,12-13H2,1-3H3. The first kappa shape index (κ1) is 18.6. The van der Waals surface area contributed by atoms with Crippen LogP contribution in [0.2, 0.25) is 0 Å². The molecule has 3 aromatic rings. The minimum atomic E-state index is -0.472. The third-order valence-corrected chi connectivity index (χ3v) is 3.88. The summed E-state index contributed by atoms with van der Waals surface area (Å²) in [6, 6.07) is 15.0. The number of esters is 1. The molecule has 0 spiro atoms. The molecule has 0 fully saturated rings. The van der Waals surface area contributed by atoms with Crippen molar-refractivity contribution < 1.29 is 18.8 Å². The molecule has 6 nitrogen and oxygen atoms in total. The van der Waals surface area contributed by atoms with Crippen LogP contribution in [0.5, 0.6) is 5.75 Å². The van der Waals surface area contributed by atoms with Gasteiger partial charge in [-0.1, -0.05) is 54.9 Å². The van der Waals surface area contributed by atoms with Crippen LogP contribution >= 0.6 is 0 Å². The molecule has 27 heavy (non-hydrogen) atoms. The van der Waals surface area contributed by atoms with Gasteiger partial charge in [-0.15, -0.1) is 0 Å². The van der Waals surface area contributed by atoms with Crippen LogP contribution in [0.25, 0.3) is 0 Å². The zero-order valence-corrected chi connectivity index (χ0v) is 15.6. The van der Waals surface area contributed by atoms with Gasteiger partial charge in [0.2, 0.25) is 0 Å². The highest BCUT2D eigenvalue weighted by Gasteiger charge is 2.13. The number of benzene rings is 2. The van der Waals surface area contributed by atoms with Gasteiger partial charge in [0.05, 0.1) is 5.56 Å². The number of aromatic nitrogens is 2. The minimum absolute atomic E-state index is 0.0626. The molecule has 0 bridgehead atoms. The summed E-state index contributed by atoms with van der Waals surface area (Å²) in [6.07, 6.45) is 0. The van der Waals surface area contributed by atoms with E-state index in [0.717, 1.165) is 5.56 Å². The lowest BCUT2D eigenvalue weighted by atomic mass is 10.1. The van der Waals surface area contributed by atoms with Gasteiger partial charge in [-0.2, -0.15) is 4.98 Å². The first-order chi connectivity index (χ1) is 13.0. The summed E-state index contributed by atoms with van der Waals surface area (Å²) in [5.74, 6) is 1.15. The van der Waals surface area contributed by atoms with Crippen LogP contribution in [0.15, 0.2) is 53.1 Å². The molecule has 2 aromatic carbocycles. The van der Waals surface area contributed by atoms with E-state index in [2.05, 4.69) is 16.2 Å². The van der Waals surface area contributed by atoms with Gasteiger partial charge in [-0.25, -0.2) is 4.79 Å². The second-order valence-corrected chi connectivity index (χ2v) is 6.58. The Hall–Kier alpha value is -3.15. The lowest BCUT2D eigenvalue weighted by molar-refractivity contribution is 0.0429. The Balaban J connectivity index is 1.57. The van der Waals surface area contributed by atoms with Gasteiger partial charge >= 0.3 is 5.97 Å². The Morgan fingerprint density at radius 1 is 1.11 bits per heavy atom. The molecule has 0 atom stereocenters. The maximum absolute atomic E-state index is 12.3. The van der Waals surface area contributed by atoms with Crippen molar-refractivity contribution in [2.45, 2.75) is 39.9 Å². The van der Waals surface area contributed by atoms with Crippen LogP contribution in [0.4, 0.5) is 0 Å². The molecule has 0 aliphatic carbocycles. The predicted molar refractivity (Wildman–Crippen MR) is 99.5 cm³/mol. The molecule has 0 unspecified atom stereocenters. The van der Waals surface area contributed by atoms with Crippen molar-refractivity contribution in [2.75, 3.05) is 0 Å². The van der Waals surface area contributed by atoms with Crippen LogP contribution in [0.1, 0.15) is 53.0 Å². The van der Waals surface area contributed by atoms with Crippen molar-refractivity contribution in [2.24, 2.45) is 0 Å². The highest BCUT2D eigenvalue weighted by Crippen LogP contribution is 2.17. The van der Waals surface area contributed by atoms with Crippen molar-refractivity contribution in [1.82, 2.24) is 10.1 Å². The molecular formula is C21H22N2O4. The van der Waals surface area contributed by atoms with E-state index in [4.69, 9.17) is 14.0 Å². The number of hydrogen-bond acceptors (Lipinski definition) is 6. The van der Waals surface area contributed by atoms with E-state index in [9.17, 15) is 4.79 Å². The van der Waals surface area contributed by atoms with E-state index in [0.29, 0.717) is 23.7 Å². The zero-order valence-electron chi connectivity index (χ0n) is 15.6. The number of rotatable bonds is 7. The second kappa shape index (κ2) is 8.49.